The van der Waals surface area contributed by atoms with Crippen molar-refractivity contribution in [2.24, 2.45) is 46.8 Å². The van der Waals surface area contributed by atoms with Gasteiger partial charge in [0.2, 0.25) is 0 Å². The van der Waals surface area contributed by atoms with Crippen molar-refractivity contribution in [1.82, 2.24) is 4.98 Å². The van der Waals surface area contributed by atoms with E-state index in [0.717, 1.165) is 65.3 Å². The molecule has 33 heavy (non-hydrogen) atoms. The Bertz CT molecular complexity index is 860. The summed E-state index contributed by atoms with van der Waals surface area (Å²) in [5.74, 6) is 5.60. The second-order valence-electron chi connectivity index (χ2n) is 12.6. The van der Waals surface area contributed by atoms with Gasteiger partial charge in [-0.15, -0.1) is 0 Å². The van der Waals surface area contributed by atoms with E-state index in [4.69, 9.17) is 21.3 Å². The van der Waals surface area contributed by atoms with Gasteiger partial charge in [0, 0.05) is 12.8 Å². The van der Waals surface area contributed by atoms with Crippen LogP contribution in [0, 0.1) is 53.8 Å². The molecule has 184 valence electrons. The number of ether oxygens (including phenoxy) is 1. The second kappa shape index (κ2) is 9.10. The maximum absolute atomic E-state index is 11.0. The number of aryl methyl sites for hydroxylation is 1. The van der Waals surface area contributed by atoms with Crippen LogP contribution in [-0.2, 0) is 11.2 Å². The normalized spacial score (nSPS) is 43.5. The Balaban J connectivity index is 1.29. The molecule has 0 radical (unpaired) electrons. The molecule has 4 aliphatic carbocycles. The van der Waals surface area contributed by atoms with Crippen molar-refractivity contribution < 1.29 is 9.84 Å². The summed E-state index contributed by atoms with van der Waals surface area (Å²) < 4.78 is 5.37. The first-order valence-corrected chi connectivity index (χ1v) is 14.0. The molecule has 0 bridgehead atoms. The third-order valence-electron chi connectivity index (χ3n) is 10.9. The van der Waals surface area contributed by atoms with Crippen LogP contribution in [-0.4, -0.2) is 29.4 Å². The van der Waals surface area contributed by atoms with Crippen molar-refractivity contribution in [2.45, 2.75) is 90.6 Å². The van der Waals surface area contributed by atoms with Crippen molar-refractivity contribution in [1.29, 1.82) is 0 Å². The molecule has 4 fully saturated rings. The predicted octanol–water partition coefficient (Wildman–Crippen LogP) is 6.87. The van der Waals surface area contributed by atoms with Crippen molar-refractivity contribution >= 4 is 11.6 Å². The monoisotopic (exact) mass is 473 g/mol. The van der Waals surface area contributed by atoms with E-state index in [0.29, 0.717) is 23.9 Å². The molecule has 1 N–H and O–H groups in total. The van der Waals surface area contributed by atoms with E-state index in [1.165, 1.54) is 44.9 Å². The van der Waals surface area contributed by atoms with E-state index in [9.17, 15) is 5.11 Å². The fourth-order valence-electron chi connectivity index (χ4n) is 9.52. The van der Waals surface area contributed by atoms with E-state index in [2.05, 4.69) is 20.8 Å². The molecule has 4 saturated carbocycles. The van der Waals surface area contributed by atoms with E-state index < -0.39 is 5.60 Å². The largest absolute Gasteiger partial charge is 0.387 e. The Labute approximate surface area is 206 Å². The number of hydrogen-bond donors (Lipinski definition) is 1. The summed E-state index contributed by atoms with van der Waals surface area (Å²) in [4.78, 5) is 4.79. The molecule has 0 aromatic carbocycles. The van der Waals surface area contributed by atoms with Gasteiger partial charge >= 0.3 is 0 Å². The Hall–Kier alpha value is -0.640. The average Bonchev–Trinajstić information content (AvgIpc) is 3.13. The van der Waals surface area contributed by atoms with E-state index in [1.807, 2.05) is 12.1 Å². The molecule has 1 heterocycles. The Kier molecular flexibility index (Phi) is 6.64. The Morgan fingerprint density at radius 2 is 1.88 bits per heavy atom. The smallest absolute Gasteiger partial charge is 0.0882 e. The van der Waals surface area contributed by atoms with Crippen LogP contribution < -0.4 is 0 Å². The van der Waals surface area contributed by atoms with Crippen LogP contribution in [0.25, 0.3) is 0 Å². The van der Waals surface area contributed by atoms with Crippen LogP contribution in [0.3, 0.4) is 0 Å². The maximum Gasteiger partial charge on any atom is 0.0882 e. The summed E-state index contributed by atoms with van der Waals surface area (Å²) >= 11 is 6.53. The minimum absolute atomic E-state index is 0.467. The molecular weight excluding hydrogens is 430 g/mol. The van der Waals surface area contributed by atoms with Crippen molar-refractivity contribution in [3.05, 3.63) is 28.5 Å². The molecule has 9 atom stereocenters. The SMILES string of the molecule is COC[C@@]1(O)CC[C@H]2[C@H](CC[C@@H]3[C@@H]2CC[C@]2(C)[C@@H]([C@@H](C)Cc4nc(C)ccc4Cl)CC[C@@H]32)C1. The van der Waals surface area contributed by atoms with Crippen molar-refractivity contribution in [2.75, 3.05) is 13.7 Å². The number of aliphatic hydroxyl groups is 1. The summed E-state index contributed by atoms with van der Waals surface area (Å²) in [7, 11) is 1.73. The Morgan fingerprint density at radius 3 is 2.67 bits per heavy atom. The van der Waals surface area contributed by atoms with Gasteiger partial charge in [-0.05, 0) is 130 Å². The number of nitrogens with zero attached hydrogens (tertiary/aromatic N) is 1. The van der Waals surface area contributed by atoms with Crippen LogP contribution in [0.5, 0.6) is 0 Å². The minimum atomic E-state index is -0.578. The molecule has 0 amide bonds. The first kappa shape index (κ1) is 24.1. The highest BCUT2D eigenvalue weighted by molar-refractivity contribution is 6.31. The lowest BCUT2D eigenvalue weighted by molar-refractivity contribution is -0.125. The topological polar surface area (TPSA) is 42.4 Å². The summed E-state index contributed by atoms with van der Waals surface area (Å²) in [5, 5.41) is 11.8. The summed E-state index contributed by atoms with van der Waals surface area (Å²) in [6.07, 6.45) is 12.3. The minimum Gasteiger partial charge on any atom is -0.387 e. The van der Waals surface area contributed by atoms with E-state index in [1.54, 1.807) is 7.11 Å². The van der Waals surface area contributed by atoms with Gasteiger partial charge in [-0.25, -0.2) is 0 Å². The molecule has 0 unspecified atom stereocenters. The van der Waals surface area contributed by atoms with Gasteiger partial charge in [0.05, 0.1) is 22.9 Å². The van der Waals surface area contributed by atoms with Gasteiger partial charge in [-0.2, -0.15) is 0 Å². The molecule has 4 heteroatoms. The fourth-order valence-corrected chi connectivity index (χ4v) is 9.70. The number of fused-ring (bicyclic) bond motifs is 5. The lowest BCUT2D eigenvalue weighted by atomic mass is 9.48. The number of methoxy groups -OCH3 is 1. The molecule has 0 saturated heterocycles. The van der Waals surface area contributed by atoms with Gasteiger partial charge in [0.1, 0.15) is 0 Å². The first-order chi connectivity index (χ1) is 15.7. The van der Waals surface area contributed by atoms with E-state index >= 15 is 0 Å². The van der Waals surface area contributed by atoms with Gasteiger partial charge in [-0.3, -0.25) is 4.98 Å². The summed E-state index contributed by atoms with van der Waals surface area (Å²) in [5.41, 5.74) is 2.05. The van der Waals surface area contributed by atoms with Crippen molar-refractivity contribution in [3.8, 4) is 0 Å². The van der Waals surface area contributed by atoms with Crippen LogP contribution in [0.1, 0.15) is 83.0 Å². The van der Waals surface area contributed by atoms with Gasteiger partial charge in [0.15, 0.2) is 0 Å². The molecule has 5 rings (SSSR count). The highest BCUT2D eigenvalue weighted by Gasteiger charge is 2.58. The molecule has 1 aromatic heterocycles. The van der Waals surface area contributed by atoms with Crippen LogP contribution in [0.4, 0.5) is 0 Å². The molecular formula is C29H44ClNO2. The quantitative estimate of drug-likeness (QED) is 0.507. The van der Waals surface area contributed by atoms with Crippen molar-refractivity contribution in [3.63, 3.8) is 0 Å². The molecule has 4 aliphatic rings. The number of pyridine rings is 1. The lowest BCUT2D eigenvalue weighted by Gasteiger charge is -2.57. The van der Waals surface area contributed by atoms with Gasteiger partial charge < -0.3 is 9.84 Å². The molecule has 0 spiro atoms. The molecule has 1 aromatic rings. The zero-order chi connectivity index (χ0) is 23.4. The molecule has 3 nitrogen and oxygen atoms in total. The van der Waals surface area contributed by atoms with Gasteiger partial charge in [-0.1, -0.05) is 25.4 Å². The second-order valence-corrected chi connectivity index (χ2v) is 13.0. The fraction of sp³-hybridized carbons (Fsp3) is 0.828. The molecule has 0 aliphatic heterocycles. The summed E-state index contributed by atoms with van der Waals surface area (Å²) in [6, 6.07) is 4.04. The van der Waals surface area contributed by atoms with Crippen LogP contribution >= 0.6 is 11.6 Å². The third-order valence-corrected chi connectivity index (χ3v) is 11.2. The standard InChI is InChI=1S/C29H44ClNO2/c1-18(15-27-26(30)10-5-19(2)31-27)24-8-9-25-23-7-6-20-16-29(32,17-33-4)14-12-21(20)22(23)11-13-28(24,25)3/h5,10,18,20-25,32H,6-9,11-17H2,1-4H3/t18-,20+,21-,22+,23+,24+,25-,28+,29+/m0/s1. The number of rotatable bonds is 5. The number of aromatic nitrogens is 1. The summed E-state index contributed by atoms with van der Waals surface area (Å²) in [6.45, 7) is 7.66. The van der Waals surface area contributed by atoms with Crippen LogP contribution in [0.2, 0.25) is 5.02 Å². The number of halogens is 1. The predicted molar refractivity (Wildman–Crippen MR) is 134 cm³/mol. The van der Waals surface area contributed by atoms with Crippen LogP contribution in [0.15, 0.2) is 12.1 Å². The first-order valence-electron chi connectivity index (χ1n) is 13.6. The van der Waals surface area contributed by atoms with Gasteiger partial charge in [0.25, 0.3) is 0 Å². The highest BCUT2D eigenvalue weighted by atomic mass is 35.5. The third kappa shape index (κ3) is 4.29. The zero-order valence-electron chi connectivity index (χ0n) is 21.2. The Morgan fingerprint density at radius 1 is 1.09 bits per heavy atom. The maximum atomic E-state index is 11.0. The average molecular weight is 474 g/mol. The highest BCUT2D eigenvalue weighted by Crippen LogP contribution is 2.65. The number of hydrogen-bond acceptors (Lipinski definition) is 3. The van der Waals surface area contributed by atoms with E-state index in [-0.39, 0.29) is 0 Å². The zero-order valence-corrected chi connectivity index (χ0v) is 21.9. The lowest BCUT2D eigenvalue weighted by Crippen LogP contribution is -2.52.